The highest BCUT2D eigenvalue weighted by molar-refractivity contribution is 7.05. The van der Waals surface area contributed by atoms with Gasteiger partial charge in [-0.15, -0.1) is 4.99 Å². The van der Waals surface area contributed by atoms with Gasteiger partial charge in [0.05, 0.1) is 0 Å². The molecule has 0 aliphatic rings. The van der Waals surface area contributed by atoms with Crippen LogP contribution in [0.5, 0.6) is 0 Å². The fourth-order valence-electron chi connectivity index (χ4n) is 0.375. The van der Waals surface area contributed by atoms with Crippen molar-refractivity contribution in [1.29, 1.82) is 0 Å². The van der Waals surface area contributed by atoms with Gasteiger partial charge < -0.3 is 0 Å². The van der Waals surface area contributed by atoms with Gasteiger partial charge in [0.15, 0.2) is 0 Å². The second-order valence-electron chi connectivity index (χ2n) is 1.32. The largest absolute Gasteiger partial charge is 0.272 e. The van der Waals surface area contributed by atoms with Crippen molar-refractivity contribution in [1.82, 2.24) is 9.36 Å². The van der Waals surface area contributed by atoms with E-state index in [1.54, 1.807) is 6.92 Å². The summed E-state index contributed by atoms with van der Waals surface area (Å²) in [4.78, 5) is 16.6. The zero-order valence-corrected chi connectivity index (χ0v) is 5.47. The molecule has 0 saturated heterocycles. The minimum Gasteiger partial charge on any atom is -0.211 e. The first kappa shape index (κ1) is 6.07. The van der Waals surface area contributed by atoms with E-state index in [2.05, 4.69) is 14.3 Å². The molecule has 0 unspecified atom stereocenters. The van der Waals surface area contributed by atoms with Gasteiger partial charge in [-0.1, -0.05) is 0 Å². The maximum atomic E-state index is 9.62. The summed E-state index contributed by atoms with van der Waals surface area (Å²) >= 11 is 1.21. The summed E-state index contributed by atoms with van der Waals surface area (Å²) in [5.41, 5.74) is 0. The second-order valence-corrected chi connectivity index (χ2v) is 2.27. The first-order valence-corrected chi connectivity index (χ1v) is 2.98. The number of rotatable bonds is 1. The van der Waals surface area contributed by atoms with Crippen LogP contribution < -0.4 is 0 Å². The summed E-state index contributed by atoms with van der Waals surface area (Å²) in [5, 5.41) is 0.795. The molecule has 0 fully saturated rings. The van der Waals surface area contributed by atoms with Crippen molar-refractivity contribution in [2.24, 2.45) is 4.99 Å². The van der Waals surface area contributed by atoms with E-state index in [9.17, 15) is 4.79 Å². The van der Waals surface area contributed by atoms with Crippen LogP contribution in [0, 0.1) is 6.92 Å². The van der Waals surface area contributed by atoms with Gasteiger partial charge >= 0.3 is 0 Å². The molecule has 0 radical (unpaired) electrons. The summed E-state index contributed by atoms with van der Waals surface area (Å²) < 4.78 is 3.71. The maximum Gasteiger partial charge on any atom is 0.272 e. The number of aromatic nitrogens is 2. The van der Waals surface area contributed by atoms with Crippen molar-refractivity contribution in [3.05, 3.63) is 5.01 Å². The summed E-state index contributed by atoms with van der Waals surface area (Å²) in [7, 11) is 0. The van der Waals surface area contributed by atoms with Gasteiger partial charge in [-0.05, 0) is 18.5 Å². The van der Waals surface area contributed by atoms with Crippen molar-refractivity contribution in [3.63, 3.8) is 0 Å². The molecule has 46 valence electrons. The molecule has 9 heavy (non-hydrogen) atoms. The van der Waals surface area contributed by atoms with Crippen LogP contribution in [0.4, 0.5) is 5.95 Å². The summed E-state index contributed by atoms with van der Waals surface area (Å²) in [6.45, 7) is 1.79. The zero-order chi connectivity index (χ0) is 6.69. The van der Waals surface area contributed by atoms with E-state index in [-0.39, 0.29) is 5.95 Å². The van der Waals surface area contributed by atoms with Gasteiger partial charge in [0, 0.05) is 0 Å². The molecule has 1 rings (SSSR count). The van der Waals surface area contributed by atoms with Crippen LogP contribution in [0.1, 0.15) is 5.01 Å². The molecule has 1 aromatic rings. The lowest BCUT2D eigenvalue weighted by Crippen LogP contribution is -1.65. The van der Waals surface area contributed by atoms with Gasteiger partial charge in [-0.2, -0.15) is 4.37 Å². The van der Waals surface area contributed by atoms with Crippen molar-refractivity contribution < 1.29 is 4.79 Å². The van der Waals surface area contributed by atoms with Crippen molar-refractivity contribution in [2.75, 3.05) is 0 Å². The number of carbonyl (C=O) groups excluding carboxylic acids is 1. The van der Waals surface area contributed by atoms with Crippen molar-refractivity contribution >= 4 is 23.6 Å². The molecule has 0 aliphatic heterocycles. The normalized spacial score (nSPS) is 8.56. The highest BCUT2D eigenvalue weighted by Crippen LogP contribution is 2.08. The average molecular weight is 141 g/mol. The van der Waals surface area contributed by atoms with E-state index in [1.165, 1.54) is 17.6 Å². The van der Waals surface area contributed by atoms with Gasteiger partial charge in [0.25, 0.3) is 5.95 Å². The zero-order valence-electron chi connectivity index (χ0n) is 4.66. The van der Waals surface area contributed by atoms with Crippen molar-refractivity contribution in [3.8, 4) is 0 Å². The fourth-order valence-corrected chi connectivity index (χ4v) is 0.793. The highest BCUT2D eigenvalue weighted by atomic mass is 32.1. The number of aliphatic imine (C=N–C) groups is 1. The Balaban J connectivity index is 2.97. The summed E-state index contributed by atoms with van der Waals surface area (Å²) in [6, 6.07) is 0. The number of isocyanates is 1. The van der Waals surface area contributed by atoms with E-state index >= 15 is 0 Å². The first-order valence-electron chi connectivity index (χ1n) is 2.21. The number of aryl methyl sites for hydroxylation is 1. The average Bonchev–Trinajstić information content (AvgIpc) is 2.17. The SMILES string of the molecule is Cc1nc(N=C=O)ns1. The second kappa shape index (κ2) is 2.48. The minimum atomic E-state index is 0.201. The van der Waals surface area contributed by atoms with Gasteiger partial charge in [-0.3, -0.25) is 0 Å². The molecule has 1 aromatic heterocycles. The molecule has 0 aromatic carbocycles. The number of hydrogen-bond donors (Lipinski definition) is 0. The third kappa shape index (κ3) is 1.42. The van der Waals surface area contributed by atoms with Gasteiger partial charge in [0.2, 0.25) is 6.08 Å². The lowest BCUT2D eigenvalue weighted by atomic mass is 10.8. The van der Waals surface area contributed by atoms with Gasteiger partial charge in [0.1, 0.15) is 5.01 Å². The van der Waals surface area contributed by atoms with E-state index in [1.807, 2.05) is 0 Å². The highest BCUT2D eigenvalue weighted by Gasteiger charge is 1.94. The maximum absolute atomic E-state index is 9.62. The standard InChI is InChI=1S/C4H3N3OS/c1-3-6-4(5-2-8)7-9-3/h1H3. The molecule has 0 N–H and O–H groups in total. The van der Waals surface area contributed by atoms with E-state index in [0.29, 0.717) is 0 Å². The van der Waals surface area contributed by atoms with E-state index in [0.717, 1.165) is 5.01 Å². The van der Waals surface area contributed by atoms with Crippen LogP contribution >= 0.6 is 11.5 Å². The first-order chi connectivity index (χ1) is 4.33. The van der Waals surface area contributed by atoms with E-state index < -0.39 is 0 Å². The molecular formula is C4H3N3OS. The van der Waals surface area contributed by atoms with Crippen LogP contribution in [0.3, 0.4) is 0 Å². The van der Waals surface area contributed by atoms with Crippen LogP contribution in [0.25, 0.3) is 0 Å². The Morgan fingerprint density at radius 2 is 2.56 bits per heavy atom. The van der Waals surface area contributed by atoms with Crippen LogP contribution in [0.15, 0.2) is 4.99 Å². The quantitative estimate of drug-likeness (QED) is 0.429. The fraction of sp³-hybridized carbons (Fsp3) is 0.250. The topological polar surface area (TPSA) is 55.2 Å². The van der Waals surface area contributed by atoms with Crippen LogP contribution in [0.2, 0.25) is 0 Å². The van der Waals surface area contributed by atoms with Crippen LogP contribution in [-0.4, -0.2) is 15.4 Å². The Labute approximate surface area is 55.4 Å². The predicted octanol–water partition coefficient (Wildman–Crippen LogP) is 0.814. The lowest BCUT2D eigenvalue weighted by Gasteiger charge is -1.69. The molecule has 4 nitrogen and oxygen atoms in total. The molecule has 0 saturated carbocycles. The van der Waals surface area contributed by atoms with Crippen molar-refractivity contribution in [2.45, 2.75) is 6.92 Å². The summed E-state index contributed by atoms with van der Waals surface area (Å²) in [5.74, 6) is 0.201. The minimum absolute atomic E-state index is 0.201. The Morgan fingerprint density at radius 1 is 1.78 bits per heavy atom. The molecule has 1 heterocycles. The smallest absolute Gasteiger partial charge is 0.211 e. The van der Waals surface area contributed by atoms with Crippen LogP contribution in [-0.2, 0) is 4.79 Å². The molecule has 0 spiro atoms. The molecule has 0 bridgehead atoms. The molecular weight excluding hydrogens is 138 g/mol. The third-order valence-corrected chi connectivity index (χ3v) is 1.27. The number of nitrogens with zero attached hydrogens (tertiary/aromatic N) is 3. The molecule has 0 amide bonds. The number of hydrogen-bond acceptors (Lipinski definition) is 5. The van der Waals surface area contributed by atoms with E-state index in [4.69, 9.17) is 0 Å². The lowest BCUT2D eigenvalue weighted by molar-refractivity contribution is 0.565. The predicted molar refractivity (Wildman–Crippen MR) is 32.4 cm³/mol. The third-order valence-electron chi connectivity index (χ3n) is 0.662. The Kier molecular flexibility index (Phi) is 1.67. The molecule has 0 atom stereocenters. The monoisotopic (exact) mass is 141 g/mol. The molecule has 5 heteroatoms. The Bertz CT molecular complexity index is 250. The Morgan fingerprint density at radius 3 is 3.00 bits per heavy atom. The Hall–Kier alpha value is -1.06. The summed E-state index contributed by atoms with van der Waals surface area (Å²) in [6.07, 6.45) is 1.35. The van der Waals surface area contributed by atoms with Gasteiger partial charge in [-0.25, -0.2) is 9.78 Å². The molecule has 0 aliphatic carbocycles.